The quantitative estimate of drug-likeness (QED) is 0.199. The molecular weight excluding hydrogens is 711 g/mol. The molecule has 0 aliphatic heterocycles. The van der Waals surface area contributed by atoms with E-state index in [1.807, 2.05) is 121 Å². The summed E-state index contributed by atoms with van der Waals surface area (Å²) in [6.07, 6.45) is 7.07. The molecule has 0 aliphatic rings. The van der Waals surface area contributed by atoms with Crippen LogP contribution in [-0.2, 0) is 22.0 Å². The molecule has 8 aromatic rings. The molecule has 14 heteroatoms. The number of aromatic nitrogens is 6. The zero-order valence-corrected chi connectivity index (χ0v) is 28.3. The Bertz CT molecular complexity index is 1900. The number of H-pyrrole nitrogens is 2. The van der Waals surface area contributed by atoms with Crippen molar-refractivity contribution in [3.63, 3.8) is 0 Å². The number of pyridine rings is 4. The smallest absolute Gasteiger partial charge is 0.543 e. The Morgan fingerprint density at radius 3 is 0.942 bits per heavy atom. The van der Waals surface area contributed by atoms with Gasteiger partial charge in [0.2, 0.25) is 0 Å². The maximum Gasteiger partial charge on any atom is 2.00 e. The van der Waals surface area contributed by atoms with Crippen LogP contribution in [0.2, 0.25) is 0 Å². The van der Waals surface area contributed by atoms with Crippen molar-refractivity contribution in [3.05, 3.63) is 170 Å². The third-order valence-electron chi connectivity index (χ3n) is 6.68. The van der Waals surface area contributed by atoms with Gasteiger partial charge in [0.05, 0.1) is 46.1 Å². The predicted octanol–water partition coefficient (Wildman–Crippen LogP) is 2.78. The van der Waals surface area contributed by atoms with Crippen LogP contribution in [0.5, 0.6) is 0 Å². The number of nitrogens with zero attached hydrogens (tertiary/aromatic N) is 4. The van der Waals surface area contributed by atoms with E-state index in [0.717, 1.165) is 44.6 Å². The van der Waals surface area contributed by atoms with Crippen LogP contribution in [-0.4, -0.2) is 52.8 Å². The first kappa shape index (κ1) is 43.5. The van der Waals surface area contributed by atoms with Crippen molar-refractivity contribution in [2.45, 2.75) is 0 Å². The summed E-state index contributed by atoms with van der Waals surface area (Å²) >= 11 is 0. The van der Waals surface area contributed by atoms with E-state index in [1.54, 1.807) is 36.9 Å². The molecule has 0 saturated carbocycles. The molecule has 0 bridgehead atoms. The molecule has 8 rings (SSSR count). The molecular formula is C38H35N6NiO7+. The number of carboxylic acids is 2. The monoisotopic (exact) mass is 745 g/mol. The second kappa shape index (κ2) is 22.2. The zero-order valence-electron chi connectivity index (χ0n) is 27.3. The molecule has 0 atom stereocenters. The van der Waals surface area contributed by atoms with Crippen LogP contribution in [0.25, 0.3) is 44.6 Å². The summed E-state index contributed by atoms with van der Waals surface area (Å²) < 4.78 is 0. The van der Waals surface area contributed by atoms with Crippen LogP contribution < -0.4 is 10.2 Å². The fourth-order valence-electron chi connectivity index (χ4n) is 4.42. The van der Waals surface area contributed by atoms with Gasteiger partial charge in [0, 0.05) is 46.6 Å². The topological polar surface area (TPSA) is 259 Å². The number of fused-ring (bicyclic) bond motifs is 2. The number of hydrogen-bond donors (Lipinski definition) is 2. The molecule has 2 aromatic carbocycles. The van der Waals surface area contributed by atoms with Crippen molar-refractivity contribution < 1.29 is 52.7 Å². The van der Waals surface area contributed by atoms with Crippen LogP contribution in [0.4, 0.5) is 0 Å². The second-order valence-corrected chi connectivity index (χ2v) is 9.98. The van der Waals surface area contributed by atoms with E-state index in [0.29, 0.717) is 0 Å². The Hall–Kier alpha value is -6.57. The largest absolute Gasteiger partial charge is 2.00 e. The minimum absolute atomic E-state index is 0. The molecule has 9 N–H and O–H groups in total. The molecule has 6 aromatic heterocycles. The first-order chi connectivity index (χ1) is 23.5. The SMILES string of the molecule is O.O.O=C([O-])c1cc2ccccc2[nH]1.O=C([O-])c1cc2ccccc2[nH]1.[Ni+2].[OH3+].c1ccc(-c2ccccn2)nc1.c1ccc(-c2ccccn2)nc1. The van der Waals surface area contributed by atoms with Gasteiger partial charge in [-0.15, -0.1) is 0 Å². The normalized spacial score (nSPS) is 9.23. The second-order valence-electron chi connectivity index (χ2n) is 9.98. The van der Waals surface area contributed by atoms with Gasteiger partial charge in [-0.2, -0.15) is 0 Å². The summed E-state index contributed by atoms with van der Waals surface area (Å²) in [6.45, 7) is 0. The number of para-hydroxylation sites is 2. The van der Waals surface area contributed by atoms with Gasteiger partial charge >= 0.3 is 16.5 Å². The van der Waals surface area contributed by atoms with Crippen LogP contribution >= 0.6 is 0 Å². The molecule has 0 fully saturated rings. The predicted molar refractivity (Wildman–Crippen MR) is 192 cm³/mol. The third kappa shape index (κ3) is 12.4. The van der Waals surface area contributed by atoms with Gasteiger partial charge in [0.1, 0.15) is 0 Å². The Balaban J connectivity index is 0.000000338. The van der Waals surface area contributed by atoms with Crippen molar-refractivity contribution >= 4 is 33.7 Å². The van der Waals surface area contributed by atoms with Crippen LogP contribution in [0, 0.1) is 0 Å². The fraction of sp³-hybridized carbons (Fsp3) is 0. The van der Waals surface area contributed by atoms with Gasteiger partial charge < -0.3 is 46.2 Å². The van der Waals surface area contributed by atoms with E-state index in [2.05, 4.69) is 29.9 Å². The maximum atomic E-state index is 10.4. The molecule has 0 spiro atoms. The number of rotatable bonds is 4. The average Bonchev–Trinajstić information content (AvgIpc) is 3.80. The van der Waals surface area contributed by atoms with E-state index in [-0.39, 0.29) is 44.3 Å². The van der Waals surface area contributed by atoms with E-state index in [4.69, 9.17) is 0 Å². The summed E-state index contributed by atoms with van der Waals surface area (Å²) in [5.41, 5.74) is 5.54. The number of carbonyl (C=O) groups excluding carboxylic acids is 2. The number of benzene rings is 2. The van der Waals surface area contributed by atoms with E-state index in [1.165, 1.54) is 0 Å². The number of aromatic carboxylic acids is 2. The van der Waals surface area contributed by atoms with Crippen molar-refractivity contribution in [2.75, 3.05) is 0 Å². The third-order valence-corrected chi connectivity index (χ3v) is 6.68. The Labute approximate surface area is 308 Å². The number of aromatic amines is 2. The van der Waals surface area contributed by atoms with Crippen molar-refractivity contribution in [1.29, 1.82) is 0 Å². The molecule has 0 saturated heterocycles. The number of hydrogen-bond acceptors (Lipinski definition) is 8. The van der Waals surface area contributed by atoms with Gasteiger partial charge in [-0.3, -0.25) is 19.9 Å². The van der Waals surface area contributed by atoms with Gasteiger partial charge in [0.25, 0.3) is 0 Å². The summed E-state index contributed by atoms with van der Waals surface area (Å²) in [6, 6.07) is 41.0. The van der Waals surface area contributed by atoms with E-state index < -0.39 is 11.9 Å². The van der Waals surface area contributed by atoms with Gasteiger partial charge in [-0.25, -0.2) is 0 Å². The van der Waals surface area contributed by atoms with Crippen LogP contribution in [0.3, 0.4) is 0 Å². The molecule has 0 unspecified atom stereocenters. The summed E-state index contributed by atoms with van der Waals surface area (Å²) in [5.74, 6) is -2.35. The summed E-state index contributed by atoms with van der Waals surface area (Å²) in [5, 5.41) is 22.6. The fourth-order valence-corrected chi connectivity index (χ4v) is 4.42. The number of carboxylic acid groups (broad SMARTS) is 2. The first-order valence-electron chi connectivity index (χ1n) is 14.7. The average molecular weight is 746 g/mol. The Morgan fingerprint density at radius 1 is 0.442 bits per heavy atom. The molecule has 0 amide bonds. The summed E-state index contributed by atoms with van der Waals surface area (Å²) in [7, 11) is 0. The van der Waals surface area contributed by atoms with Crippen LogP contribution in [0.15, 0.2) is 158 Å². The van der Waals surface area contributed by atoms with Crippen LogP contribution in [0.1, 0.15) is 21.0 Å². The molecule has 268 valence electrons. The minimum atomic E-state index is -1.17. The molecule has 6 heterocycles. The molecule has 52 heavy (non-hydrogen) atoms. The first-order valence-corrected chi connectivity index (χ1v) is 14.7. The van der Waals surface area contributed by atoms with Gasteiger partial charge in [-0.05, 0) is 72.8 Å². The van der Waals surface area contributed by atoms with E-state index >= 15 is 0 Å². The molecule has 13 nitrogen and oxygen atoms in total. The van der Waals surface area contributed by atoms with Crippen molar-refractivity contribution in [3.8, 4) is 22.8 Å². The van der Waals surface area contributed by atoms with Crippen molar-refractivity contribution in [1.82, 2.24) is 29.9 Å². The summed E-state index contributed by atoms with van der Waals surface area (Å²) in [4.78, 5) is 43.1. The number of carbonyl (C=O) groups is 2. The Morgan fingerprint density at radius 2 is 0.712 bits per heavy atom. The Kier molecular flexibility index (Phi) is 18.6. The van der Waals surface area contributed by atoms with E-state index in [9.17, 15) is 19.8 Å². The van der Waals surface area contributed by atoms with Crippen molar-refractivity contribution in [2.24, 2.45) is 0 Å². The zero-order chi connectivity index (χ0) is 33.6. The minimum Gasteiger partial charge on any atom is -0.543 e. The standard InChI is InChI=1S/2C10H8N2.2C9H7NO2.Ni.3H2O/c2*1-3-7-11-9(5-1)10-6-2-4-8-12-10;2*11-9(12)8-5-6-3-1-2-4-7(6)10-8;;;;/h2*1-8H;2*1-5,10H,(H,11,12);;3*1H2/q;;;;+2;;;/p-1. The van der Waals surface area contributed by atoms with Gasteiger partial charge in [0.15, 0.2) is 0 Å². The molecule has 0 aliphatic carbocycles. The molecule has 0 radical (unpaired) electrons. The number of nitrogens with one attached hydrogen (secondary N) is 2. The maximum absolute atomic E-state index is 10.4. The van der Waals surface area contributed by atoms with Gasteiger partial charge in [-0.1, -0.05) is 60.7 Å².